The zero-order valence-corrected chi connectivity index (χ0v) is 11.8. The summed E-state index contributed by atoms with van der Waals surface area (Å²) in [6, 6.07) is 5.44. The van der Waals surface area contributed by atoms with E-state index in [1.54, 1.807) is 19.4 Å². The second-order valence-electron chi connectivity index (χ2n) is 4.25. The Kier molecular flexibility index (Phi) is 4.61. The van der Waals surface area contributed by atoms with Crippen LogP contribution in [0.15, 0.2) is 36.5 Å². The fraction of sp³-hybridized carbons (Fsp3) is 0.200. The molecule has 0 unspecified atom stereocenters. The lowest BCUT2D eigenvalue weighted by Crippen LogP contribution is -2.23. The molecule has 0 aliphatic heterocycles. The van der Waals surface area contributed by atoms with E-state index in [0.717, 1.165) is 16.7 Å². The van der Waals surface area contributed by atoms with Gasteiger partial charge in [-0.2, -0.15) is 0 Å². The molecule has 0 fully saturated rings. The summed E-state index contributed by atoms with van der Waals surface area (Å²) in [6.45, 7) is 0.247. The lowest BCUT2D eigenvalue weighted by Gasteiger charge is -2.02. The Hall–Kier alpha value is -2.76. The van der Waals surface area contributed by atoms with Gasteiger partial charge in [0, 0.05) is 35.8 Å². The Morgan fingerprint density at radius 2 is 2.14 bits per heavy atom. The van der Waals surface area contributed by atoms with Crippen molar-refractivity contribution >= 4 is 22.8 Å². The van der Waals surface area contributed by atoms with Crippen LogP contribution in [0.4, 0.5) is 0 Å². The number of fused-ring (bicyclic) bond motifs is 1. The van der Waals surface area contributed by atoms with Crippen molar-refractivity contribution in [3.63, 3.8) is 0 Å². The zero-order valence-electron chi connectivity index (χ0n) is 11.8. The van der Waals surface area contributed by atoms with Gasteiger partial charge in [0.2, 0.25) is 0 Å². The third-order valence-electron chi connectivity index (χ3n) is 2.97. The molecule has 1 aromatic carbocycles. The van der Waals surface area contributed by atoms with Crippen molar-refractivity contribution in [2.24, 2.45) is 0 Å². The van der Waals surface area contributed by atoms with Gasteiger partial charge in [0.15, 0.2) is 0 Å². The van der Waals surface area contributed by atoms with Crippen LogP contribution < -0.4 is 10.1 Å². The smallest absolute Gasteiger partial charge is 0.330 e. The largest absolute Gasteiger partial charge is 0.497 e. The SMILES string of the molecule is COC(=O)/C=C/CNC(=O)c1c[nH]c2cc(OC)ccc12. The topological polar surface area (TPSA) is 80.4 Å². The van der Waals surface area contributed by atoms with Crippen LogP contribution in [-0.4, -0.2) is 37.6 Å². The van der Waals surface area contributed by atoms with Gasteiger partial charge in [0.25, 0.3) is 5.91 Å². The van der Waals surface area contributed by atoms with Crippen molar-refractivity contribution < 1.29 is 19.1 Å². The third-order valence-corrected chi connectivity index (χ3v) is 2.97. The van der Waals surface area contributed by atoms with Gasteiger partial charge in [-0.25, -0.2) is 4.79 Å². The Balaban J connectivity index is 2.06. The number of aromatic nitrogens is 1. The maximum absolute atomic E-state index is 12.1. The molecule has 6 nitrogen and oxygen atoms in total. The standard InChI is InChI=1S/C15H16N2O4/c1-20-10-5-6-11-12(9-17-13(11)8-10)15(19)16-7-3-4-14(18)21-2/h3-6,8-9,17H,7H2,1-2H3,(H,16,19)/b4-3+. The highest BCUT2D eigenvalue weighted by Gasteiger charge is 2.11. The first-order valence-corrected chi connectivity index (χ1v) is 6.33. The van der Waals surface area contributed by atoms with Crippen LogP contribution in [0.5, 0.6) is 5.75 Å². The highest BCUT2D eigenvalue weighted by Crippen LogP contribution is 2.23. The Morgan fingerprint density at radius 1 is 1.33 bits per heavy atom. The predicted octanol–water partition coefficient (Wildman–Crippen LogP) is 1.64. The number of esters is 1. The van der Waals surface area contributed by atoms with Crippen LogP contribution in [0.25, 0.3) is 10.9 Å². The summed E-state index contributed by atoms with van der Waals surface area (Å²) in [5, 5.41) is 3.51. The first-order valence-electron chi connectivity index (χ1n) is 6.33. The molecule has 0 atom stereocenters. The average Bonchev–Trinajstić information content (AvgIpc) is 2.93. The van der Waals surface area contributed by atoms with Crippen LogP contribution in [-0.2, 0) is 9.53 Å². The minimum atomic E-state index is -0.455. The van der Waals surface area contributed by atoms with Gasteiger partial charge < -0.3 is 19.8 Å². The molecule has 0 bridgehead atoms. The zero-order chi connectivity index (χ0) is 15.2. The van der Waals surface area contributed by atoms with E-state index >= 15 is 0 Å². The van der Waals surface area contributed by atoms with Crippen molar-refractivity contribution in [1.82, 2.24) is 10.3 Å². The Bertz CT molecular complexity index is 688. The average molecular weight is 288 g/mol. The fourth-order valence-corrected chi connectivity index (χ4v) is 1.89. The summed E-state index contributed by atoms with van der Waals surface area (Å²) in [4.78, 5) is 26.0. The number of benzene rings is 1. The van der Waals surface area contributed by atoms with Crippen molar-refractivity contribution in [2.45, 2.75) is 0 Å². The van der Waals surface area contributed by atoms with Gasteiger partial charge in [-0.1, -0.05) is 6.08 Å². The number of nitrogens with one attached hydrogen (secondary N) is 2. The number of amides is 1. The van der Waals surface area contributed by atoms with Gasteiger partial charge in [0.05, 0.1) is 19.8 Å². The minimum absolute atomic E-state index is 0.221. The van der Waals surface area contributed by atoms with E-state index in [2.05, 4.69) is 15.0 Å². The molecule has 0 radical (unpaired) electrons. The van der Waals surface area contributed by atoms with Crippen molar-refractivity contribution in [1.29, 1.82) is 0 Å². The molecule has 0 saturated carbocycles. The van der Waals surface area contributed by atoms with Gasteiger partial charge in [0.1, 0.15) is 5.75 Å². The molecule has 2 N–H and O–H groups in total. The van der Waals surface area contributed by atoms with Gasteiger partial charge in [-0.15, -0.1) is 0 Å². The minimum Gasteiger partial charge on any atom is -0.497 e. The molecular weight excluding hydrogens is 272 g/mol. The summed E-state index contributed by atoms with van der Waals surface area (Å²) in [6.07, 6.45) is 4.44. The van der Waals surface area contributed by atoms with Crippen LogP contribution >= 0.6 is 0 Å². The summed E-state index contributed by atoms with van der Waals surface area (Å²) in [5.74, 6) is 0.0432. The molecule has 0 aliphatic carbocycles. The van der Waals surface area contributed by atoms with Crippen LogP contribution in [0, 0.1) is 0 Å². The summed E-state index contributed by atoms with van der Waals surface area (Å²) < 4.78 is 9.58. The lowest BCUT2D eigenvalue weighted by atomic mass is 10.1. The van der Waals surface area contributed by atoms with Crippen molar-refractivity contribution in [3.8, 4) is 5.75 Å². The van der Waals surface area contributed by atoms with Gasteiger partial charge in [-0.3, -0.25) is 4.79 Å². The fourth-order valence-electron chi connectivity index (χ4n) is 1.89. The second kappa shape index (κ2) is 6.60. The maximum atomic E-state index is 12.1. The molecule has 6 heteroatoms. The predicted molar refractivity (Wildman–Crippen MR) is 78.3 cm³/mol. The van der Waals surface area contributed by atoms with E-state index in [1.165, 1.54) is 19.3 Å². The highest BCUT2D eigenvalue weighted by atomic mass is 16.5. The first-order chi connectivity index (χ1) is 10.2. The molecule has 21 heavy (non-hydrogen) atoms. The molecule has 1 amide bonds. The molecule has 1 heterocycles. The van der Waals surface area contributed by atoms with E-state index in [0.29, 0.717) is 5.56 Å². The number of carbonyl (C=O) groups is 2. The third kappa shape index (κ3) is 3.42. The Labute approximate surface area is 121 Å². The number of aromatic amines is 1. The number of H-pyrrole nitrogens is 1. The van der Waals surface area contributed by atoms with Gasteiger partial charge in [-0.05, 0) is 12.1 Å². The van der Waals surface area contributed by atoms with E-state index in [4.69, 9.17) is 4.74 Å². The molecule has 0 saturated heterocycles. The number of carbonyl (C=O) groups excluding carboxylic acids is 2. The molecule has 1 aromatic heterocycles. The quantitative estimate of drug-likeness (QED) is 0.647. The van der Waals surface area contributed by atoms with Crippen molar-refractivity contribution in [2.75, 3.05) is 20.8 Å². The van der Waals surface area contributed by atoms with E-state index in [9.17, 15) is 9.59 Å². The number of methoxy groups -OCH3 is 2. The molecule has 2 aromatic rings. The van der Waals surface area contributed by atoms with E-state index in [-0.39, 0.29) is 12.5 Å². The summed E-state index contributed by atoms with van der Waals surface area (Å²) >= 11 is 0. The molecule has 110 valence electrons. The number of hydrogen-bond donors (Lipinski definition) is 2. The van der Waals surface area contributed by atoms with Gasteiger partial charge >= 0.3 is 5.97 Å². The number of hydrogen-bond acceptors (Lipinski definition) is 4. The molecule has 0 spiro atoms. The lowest BCUT2D eigenvalue weighted by molar-refractivity contribution is -0.134. The maximum Gasteiger partial charge on any atom is 0.330 e. The Morgan fingerprint density at radius 3 is 2.86 bits per heavy atom. The monoisotopic (exact) mass is 288 g/mol. The molecule has 2 rings (SSSR count). The summed E-state index contributed by atoms with van der Waals surface area (Å²) in [5.41, 5.74) is 1.36. The van der Waals surface area contributed by atoms with Crippen molar-refractivity contribution in [3.05, 3.63) is 42.1 Å². The second-order valence-corrected chi connectivity index (χ2v) is 4.25. The van der Waals surface area contributed by atoms with Crippen LogP contribution in [0.3, 0.4) is 0 Å². The molecule has 0 aliphatic rings. The summed E-state index contributed by atoms with van der Waals surface area (Å²) in [7, 11) is 2.89. The molecular formula is C15H16N2O4. The van der Waals surface area contributed by atoms with Crippen LogP contribution in [0.2, 0.25) is 0 Å². The van der Waals surface area contributed by atoms with Crippen LogP contribution in [0.1, 0.15) is 10.4 Å². The van der Waals surface area contributed by atoms with E-state index < -0.39 is 5.97 Å². The first kappa shape index (κ1) is 14.6. The number of ether oxygens (including phenoxy) is 2. The normalized spacial score (nSPS) is 10.8. The highest BCUT2D eigenvalue weighted by molar-refractivity contribution is 6.07. The van der Waals surface area contributed by atoms with E-state index in [1.807, 2.05) is 12.1 Å². The number of rotatable bonds is 5.